The Bertz CT molecular complexity index is 998. The van der Waals surface area contributed by atoms with E-state index in [0.717, 1.165) is 75.5 Å². The molecule has 0 saturated heterocycles. The van der Waals surface area contributed by atoms with Crippen molar-refractivity contribution in [2.45, 2.75) is 90.0 Å². The Morgan fingerprint density at radius 3 is 2.51 bits per heavy atom. The molecule has 1 aliphatic heterocycles. The minimum Gasteiger partial charge on any atom is -0.495 e. The average molecular weight is 478 g/mol. The summed E-state index contributed by atoms with van der Waals surface area (Å²) in [7, 11) is 1.61. The first-order valence-electron chi connectivity index (χ1n) is 13.5. The van der Waals surface area contributed by atoms with Crippen LogP contribution in [0.3, 0.4) is 0 Å². The van der Waals surface area contributed by atoms with E-state index in [2.05, 4.69) is 24.1 Å². The summed E-state index contributed by atoms with van der Waals surface area (Å²) in [5, 5.41) is 9.75. The standard InChI is InChI=1S/C29H39N3O3/c1-3-4-19-30-27(33)18-16-21-20-22(15-17-26(21)35-2)28-24-13-9-10-14-25(24)29(34)32(31-28)23-11-7-5-6-8-12-23/h15,17,20,23-25H,3-14,19H2,1-2H3,(H,30,33)/t24-,25+/m0/s1. The number of nitrogens with zero attached hydrogens (tertiary/aromatic N) is 2. The zero-order valence-corrected chi connectivity index (χ0v) is 21.3. The molecule has 1 N–H and O–H groups in total. The van der Waals surface area contributed by atoms with Crippen molar-refractivity contribution >= 4 is 17.5 Å². The zero-order valence-electron chi connectivity index (χ0n) is 21.3. The first kappa shape index (κ1) is 25.3. The van der Waals surface area contributed by atoms with Gasteiger partial charge < -0.3 is 10.1 Å². The molecule has 6 nitrogen and oxygen atoms in total. The van der Waals surface area contributed by atoms with Crippen LogP contribution < -0.4 is 10.1 Å². The lowest BCUT2D eigenvalue weighted by Gasteiger charge is -2.41. The summed E-state index contributed by atoms with van der Waals surface area (Å²) in [5.41, 5.74) is 2.64. The van der Waals surface area contributed by atoms with Crippen LogP contribution in [0.2, 0.25) is 0 Å². The molecular weight excluding hydrogens is 438 g/mol. The first-order valence-corrected chi connectivity index (χ1v) is 13.5. The number of rotatable bonds is 6. The molecule has 6 heteroatoms. The highest BCUT2D eigenvalue weighted by molar-refractivity contribution is 6.07. The molecule has 1 aromatic rings. The van der Waals surface area contributed by atoms with Crippen molar-refractivity contribution in [1.29, 1.82) is 0 Å². The van der Waals surface area contributed by atoms with Crippen LogP contribution in [-0.2, 0) is 9.59 Å². The van der Waals surface area contributed by atoms with Crippen LogP contribution in [0.5, 0.6) is 5.75 Å². The van der Waals surface area contributed by atoms with E-state index >= 15 is 0 Å². The van der Waals surface area contributed by atoms with Gasteiger partial charge in [0.25, 0.3) is 5.91 Å². The number of unbranched alkanes of at least 4 members (excludes halogenated alkanes) is 1. The van der Waals surface area contributed by atoms with E-state index < -0.39 is 0 Å². The average Bonchev–Trinajstić information content (AvgIpc) is 3.17. The predicted octanol–water partition coefficient (Wildman–Crippen LogP) is 5.04. The maximum absolute atomic E-state index is 13.5. The van der Waals surface area contributed by atoms with Crippen LogP contribution in [-0.4, -0.2) is 42.2 Å². The van der Waals surface area contributed by atoms with Gasteiger partial charge in [-0.2, -0.15) is 5.10 Å². The number of fused-ring (bicyclic) bond motifs is 1. The van der Waals surface area contributed by atoms with Gasteiger partial charge in [-0.15, -0.1) is 0 Å². The number of methoxy groups -OCH3 is 1. The molecule has 0 radical (unpaired) electrons. The van der Waals surface area contributed by atoms with Gasteiger partial charge in [0.1, 0.15) is 5.75 Å². The Balaban J connectivity index is 1.66. The fourth-order valence-corrected chi connectivity index (χ4v) is 5.71. The molecule has 1 heterocycles. The van der Waals surface area contributed by atoms with E-state index in [9.17, 15) is 9.59 Å². The van der Waals surface area contributed by atoms with Crippen LogP contribution in [0.1, 0.15) is 95.1 Å². The van der Waals surface area contributed by atoms with Crippen molar-refractivity contribution in [3.63, 3.8) is 0 Å². The highest BCUT2D eigenvalue weighted by Crippen LogP contribution is 2.39. The monoisotopic (exact) mass is 477 g/mol. The molecule has 2 fully saturated rings. The number of nitrogens with one attached hydrogen (secondary N) is 1. The molecule has 0 spiro atoms. The molecule has 0 unspecified atom stereocenters. The Morgan fingerprint density at radius 2 is 1.80 bits per heavy atom. The van der Waals surface area contributed by atoms with Gasteiger partial charge in [-0.25, -0.2) is 5.01 Å². The Kier molecular flexibility index (Phi) is 8.84. The lowest BCUT2D eigenvalue weighted by molar-refractivity contribution is -0.141. The number of ether oxygens (including phenoxy) is 1. The minimum atomic E-state index is -0.279. The van der Waals surface area contributed by atoms with E-state index in [-0.39, 0.29) is 29.7 Å². The fraction of sp³-hybridized carbons (Fsp3) is 0.621. The SMILES string of the molecule is CCCCNC(=O)C#Cc1cc(C2=NN(C3CCCCCC3)C(=O)[C@@H]3CCCC[C@H]23)ccc1OC. The second-order valence-electron chi connectivity index (χ2n) is 10.1. The Labute approximate surface area is 209 Å². The summed E-state index contributed by atoms with van der Waals surface area (Å²) >= 11 is 0. The maximum atomic E-state index is 13.5. The second kappa shape index (κ2) is 12.2. The molecule has 3 aliphatic rings. The molecule has 4 rings (SSSR count). The van der Waals surface area contributed by atoms with E-state index in [1.165, 1.54) is 12.8 Å². The summed E-state index contributed by atoms with van der Waals surface area (Å²) in [6, 6.07) is 6.11. The lowest BCUT2D eigenvalue weighted by Crippen LogP contribution is -2.49. The number of hydrogen-bond acceptors (Lipinski definition) is 4. The molecule has 2 aliphatic carbocycles. The number of hydrazone groups is 1. The molecule has 1 aromatic carbocycles. The number of amides is 2. The fourth-order valence-electron chi connectivity index (χ4n) is 5.71. The third-order valence-electron chi connectivity index (χ3n) is 7.67. The molecule has 0 aromatic heterocycles. The smallest absolute Gasteiger partial charge is 0.296 e. The van der Waals surface area contributed by atoms with Gasteiger partial charge in [0.05, 0.1) is 24.4 Å². The van der Waals surface area contributed by atoms with Gasteiger partial charge in [-0.05, 0) is 55.9 Å². The second-order valence-corrected chi connectivity index (χ2v) is 10.1. The normalized spacial score (nSPS) is 22.9. The van der Waals surface area contributed by atoms with Crippen LogP contribution in [0.15, 0.2) is 23.3 Å². The van der Waals surface area contributed by atoms with Gasteiger partial charge in [0, 0.05) is 24.3 Å². The number of carbonyl (C=O) groups excluding carboxylic acids is 2. The molecule has 2 amide bonds. The third kappa shape index (κ3) is 6.07. The summed E-state index contributed by atoms with van der Waals surface area (Å²) in [5.74, 6) is 6.46. The van der Waals surface area contributed by atoms with Gasteiger partial charge in [-0.3, -0.25) is 9.59 Å². The summed E-state index contributed by atoms with van der Waals surface area (Å²) in [6.45, 7) is 2.72. The van der Waals surface area contributed by atoms with Crippen molar-refractivity contribution in [1.82, 2.24) is 10.3 Å². The maximum Gasteiger partial charge on any atom is 0.296 e. The number of benzene rings is 1. The van der Waals surface area contributed by atoms with Crippen molar-refractivity contribution in [2.75, 3.05) is 13.7 Å². The summed E-state index contributed by atoms with van der Waals surface area (Å²) < 4.78 is 5.53. The van der Waals surface area contributed by atoms with Gasteiger partial charge in [0.15, 0.2) is 0 Å². The third-order valence-corrected chi connectivity index (χ3v) is 7.67. The highest BCUT2D eigenvalue weighted by atomic mass is 16.5. The van der Waals surface area contributed by atoms with Gasteiger partial charge >= 0.3 is 0 Å². The van der Waals surface area contributed by atoms with Crippen molar-refractivity contribution in [3.8, 4) is 17.6 Å². The largest absolute Gasteiger partial charge is 0.495 e. The zero-order chi connectivity index (χ0) is 24.6. The van der Waals surface area contributed by atoms with E-state index in [1.807, 2.05) is 23.2 Å². The molecular formula is C29H39N3O3. The molecule has 2 atom stereocenters. The summed E-state index contributed by atoms with van der Waals surface area (Å²) in [4.78, 5) is 25.7. The van der Waals surface area contributed by atoms with Crippen molar-refractivity contribution in [3.05, 3.63) is 29.3 Å². The topological polar surface area (TPSA) is 71.0 Å². The Hall–Kier alpha value is -2.81. The van der Waals surface area contributed by atoms with Gasteiger partial charge in [-0.1, -0.05) is 57.8 Å². The number of carbonyl (C=O) groups is 2. The molecule has 2 saturated carbocycles. The molecule has 0 bridgehead atoms. The Morgan fingerprint density at radius 1 is 1.09 bits per heavy atom. The number of hydrogen-bond donors (Lipinski definition) is 1. The minimum absolute atomic E-state index is 0.0143. The van der Waals surface area contributed by atoms with Crippen molar-refractivity contribution in [2.24, 2.45) is 16.9 Å². The van der Waals surface area contributed by atoms with Crippen LogP contribution >= 0.6 is 0 Å². The van der Waals surface area contributed by atoms with E-state index in [4.69, 9.17) is 9.84 Å². The van der Waals surface area contributed by atoms with Crippen LogP contribution in [0, 0.1) is 23.7 Å². The van der Waals surface area contributed by atoms with E-state index in [1.54, 1.807) is 7.11 Å². The van der Waals surface area contributed by atoms with Crippen LogP contribution in [0.4, 0.5) is 0 Å². The first-order chi connectivity index (χ1) is 17.1. The molecule has 35 heavy (non-hydrogen) atoms. The predicted molar refractivity (Wildman–Crippen MR) is 138 cm³/mol. The van der Waals surface area contributed by atoms with Gasteiger partial charge in [0.2, 0.25) is 5.91 Å². The molecule has 188 valence electrons. The quantitative estimate of drug-likeness (QED) is 0.355. The lowest BCUT2D eigenvalue weighted by atomic mass is 9.73. The summed E-state index contributed by atoms with van der Waals surface area (Å²) in [6.07, 6.45) is 13.0. The van der Waals surface area contributed by atoms with E-state index in [0.29, 0.717) is 17.9 Å². The van der Waals surface area contributed by atoms with Crippen molar-refractivity contribution < 1.29 is 14.3 Å². The van der Waals surface area contributed by atoms with Crippen LogP contribution in [0.25, 0.3) is 0 Å². The highest BCUT2D eigenvalue weighted by Gasteiger charge is 2.43.